The molecule has 4 heteroatoms. The Bertz CT molecular complexity index is 371. The predicted octanol–water partition coefficient (Wildman–Crippen LogP) is 1.59. The summed E-state index contributed by atoms with van der Waals surface area (Å²) in [6, 6.07) is 7.37. The number of ether oxygens (including phenoxy) is 2. The topological polar surface area (TPSA) is 52.6 Å². The number of benzene rings is 1. The van der Waals surface area contributed by atoms with Crippen molar-refractivity contribution in [2.75, 3.05) is 6.61 Å². The highest BCUT2D eigenvalue weighted by atomic mass is 16.5. The van der Waals surface area contributed by atoms with E-state index in [0.717, 1.165) is 0 Å². The van der Waals surface area contributed by atoms with Crippen LogP contribution in [0.1, 0.15) is 24.2 Å². The summed E-state index contributed by atoms with van der Waals surface area (Å²) < 4.78 is 9.63. The van der Waals surface area contributed by atoms with Crippen LogP contribution in [0.3, 0.4) is 0 Å². The second-order valence-corrected chi connectivity index (χ2v) is 2.72. The third kappa shape index (κ3) is 3.09. The van der Waals surface area contributed by atoms with Crippen LogP contribution in [-0.4, -0.2) is 18.5 Å². The first-order valence-corrected chi connectivity index (χ1v) is 4.51. The fraction of sp³-hybridized carbons (Fsp3) is 0.273. The third-order valence-corrected chi connectivity index (χ3v) is 1.55. The molecule has 0 aliphatic carbocycles. The van der Waals surface area contributed by atoms with Crippen molar-refractivity contribution >= 4 is 11.9 Å². The molecule has 79 valence electrons. The van der Waals surface area contributed by atoms with Gasteiger partial charge in [-0.3, -0.25) is 4.79 Å². The zero-order valence-electron chi connectivity index (χ0n) is 8.57. The van der Waals surface area contributed by atoms with Crippen molar-refractivity contribution in [2.45, 2.75) is 13.8 Å². The van der Waals surface area contributed by atoms with Gasteiger partial charge in [0.2, 0.25) is 0 Å². The Kier molecular flexibility index (Phi) is 3.85. The second-order valence-electron chi connectivity index (χ2n) is 2.72. The lowest BCUT2D eigenvalue weighted by Crippen LogP contribution is -2.10. The van der Waals surface area contributed by atoms with E-state index in [1.54, 1.807) is 19.1 Å². The van der Waals surface area contributed by atoms with Crippen LogP contribution in [0.4, 0.5) is 0 Å². The molecule has 0 saturated carbocycles. The van der Waals surface area contributed by atoms with Gasteiger partial charge in [-0.1, -0.05) is 12.1 Å². The zero-order chi connectivity index (χ0) is 11.3. The van der Waals surface area contributed by atoms with Gasteiger partial charge in [0, 0.05) is 13.0 Å². The number of carbonyl (C=O) groups is 2. The van der Waals surface area contributed by atoms with E-state index in [4.69, 9.17) is 9.47 Å². The predicted molar refractivity (Wildman–Crippen MR) is 52.5 cm³/mol. The summed E-state index contributed by atoms with van der Waals surface area (Å²) >= 11 is 0. The van der Waals surface area contributed by atoms with Crippen molar-refractivity contribution in [2.24, 2.45) is 0 Å². The maximum atomic E-state index is 11.4. The highest BCUT2D eigenvalue weighted by Gasteiger charge is 2.14. The van der Waals surface area contributed by atoms with E-state index >= 15 is 0 Å². The first-order valence-electron chi connectivity index (χ1n) is 4.51. The molecule has 0 saturated heterocycles. The number of esters is 2. The molecule has 4 nitrogen and oxygen atoms in total. The Labute approximate surface area is 87.8 Å². The van der Waals surface area contributed by atoms with Crippen molar-refractivity contribution in [3.05, 3.63) is 29.8 Å². The van der Waals surface area contributed by atoms with E-state index in [1.165, 1.54) is 13.0 Å². The maximum absolute atomic E-state index is 11.4. The van der Waals surface area contributed by atoms with Gasteiger partial charge < -0.3 is 9.47 Å². The molecule has 0 amide bonds. The van der Waals surface area contributed by atoms with E-state index in [-0.39, 0.29) is 17.9 Å². The molecule has 1 aromatic rings. The number of hydrogen-bond acceptors (Lipinski definition) is 4. The molecule has 0 atom stereocenters. The lowest BCUT2D eigenvalue weighted by atomic mass is 10.2. The highest BCUT2D eigenvalue weighted by molar-refractivity contribution is 5.93. The third-order valence-electron chi connectivity index (χ3n) is 1.55. The van der Waals surface area contributed by atoms with Gasteiger partial charge in [-0.05, 0) is 13.0 Å². The van der Waals surface area contributed by atoms with Crippen molar-refractivity contribution < 1.29 is 19.1 Å². The molecule has 0 aliphatic rings. The van der Waals surface area contributed by atoms with E-state index in [1.807, 2.05) is 0 Å². The van der Waals surface area contributed by atoms with Crippen LogP contribution in [0.15, 0.2) is 18.2 Å². The molecule has 0 aromatic heterocycles. The van der Waals surface area contributed by atoms with Gasteiger partial charge in [-0.15, -0.1) is 0 Å². The minimum absolute atomic E-state index is 0.134. The van der Waals surface area contributed by atoms with E-state index in [9.17, 15) is 9.59 Å². The SMILES string of the molecule is CCOC(=O)c1[c]cccc1OC(C)=O. The first kappa shape index (κ1) is 11.2. The fourth-order valence-electron chi connectivity index (χ4n) is 1.02. The number of hydrogen-bond donors (Lipinski definition) is 0. The standard InChI is InChI=1S/C11H11O4/c1-3-14-11(13)9-6-4-5-7-10(9)15-8(2)12/h4-5,7H,3H2,1-2H3. The van der Waals surface area contributed by atoms with Crippen LogP contribution in [0.25, 0.3) is 0 Å². The summed E-state index contributed by atoms with van der Waals surface area (Å²) in [5.74, 6) is -0.863. The monoisotopic (exact) mass is 207 g/mol. The van der Waals surface area contributed by atoms with Crippen LogP contribution >= 0.6 is 0 Å². The van der Waals surface area contributed by atoms with Gasteiger partial charge in [0.15, 0.2) is 0 Å². The first-order chi connectivity index (χ1) is 7.15. The lowest BCUT2D eigenvalue weighted by molar-refractivity contribution is -0.131. The average molecular weight is 207 g/mol. The fourth-order valence-corrected chi connectivity index (χ4v) is 1.02. The smallest absolute Gasteiger partial charge is 0.342 e. The Balaban J connectivity index is 2.95. The highest BCUT2D eigenvalue weighted by Crippen LogP contribution is 2.18. The average Bonchev–Trinajstić information content (AvgIpc) is 2.18. The Morgan fingerprint density at radius 2 is 2.20 bits per heavy atom. The summed E-state index contributed by atoms with van der Waals surface area (Å²) in [4.78, 5) is 22.2. The largest absolute Gasteiger partial charge is 0.462 e. The molecule has 0 aliphatic heterocycles. The molecule has 0 N–H and O–H groups in total. The molecule has 0 spiro atoms. The normalized spacial score (nSPS) is 9.47. The number of rotatable bonds is 3. The summed E-state index contributed by atoms with van der Waals surface area (Å²) in [5, 5.41) is 0. The number of carbonyl (C=O) groups excluding carboxylic acids is 2. The van der Waals surface area contributed by atoms with Crippen LogP contribution in [0.5, 0.6) is 5.75 Å². The molecule has 0 unspecified atom stereocenters. The summed E-state index contributed by atoms with van der Waals surface area (Å²) in [7, 11) is 0. The van der Waals surface area contributed by atoms with Gasteiger partial charge >= 0.3 is 11.9 Å². The van der Waals surface area contributed by atoms with Crippen molar-refractivity contribution in [1.82, 2.24) is 0 Å². The summed E-state index contributed by atoms with van der Waals surface area (Å²) in [6.45, 7) is 3.23. The lowest BCUT2D eigenvalue weighted by Gasteiger charge is -2.06. The molecule has 0 bridgehead atoms. The molecule has 0 fully saturated rings. The summed E-state index contributed by atoms with van der Waals surface area (Å²) in [5.41, 5.74) is 0.134. The van der Waals surface area contributed by atoms with E-state index in [0.29, 0.717) is 0 Å². The van der Waals surface area contributed by atoms with Crippen LogP contribution < -0.4 is 4.74 Å². The Hall–Kier alpha value is -1.84. The minimum Gasteiger partial charge on any atom is -0.462 e. The van der Waals surface area contributed by atoms with Gasteiger partial charge in [0.1, 0.15) is 11.3 Å². The van der Waals surface area contributed by atoms with Crippen molar-refractivity contribution in [1.29, 1.82) is 0 Å². The van der Waals surface area contributed by atoms with Crippen LogP contribution in [-0.2, 0) is 9.53 Å². The molecule has 1 aromatic carbocycles. The molecule has 1 rings (SSSR count). The molecular weight excluding hydrogens is 196 g/mol. The quantitative estimate of drug-likeness (QED) is 0.558. The Morgan fingerprint density at radius 3 is 2.80 bits per heavy atom. The van der Waals surface area contributed by atoms with Gasteiger partial charge in [-0.25, -0.2) is 4.79 Å². The Morgan fingerprint density at radius 1 is 1.47 bits per heavy atom. The van der Waals surface area contributed by atoms with E-state index < -0.39 is 11.9 Å². The minimum atomic E-state index is -0.547. The molecular formula is C11H11O4. The summed E-state index contributed by atoms with van der Waals surface area (Å²) in [6.07, 6.45) is 0. The zero-order valence-corrected chi connectivity index (χ0v) is 8.57. The van der Waals surface area contributed by atoms with Crippen LogP contribution in [0, 0.1) is 6.07 Å². The van der Waals surface area contributed by atoms with Crippen molar-refractivity contribution in [3.8, 4) is 5.75 Å². The van der Waals surface area contributed by atoms with Crippen LogP contribution in [0.2, 0.25) is 0 Å². The molecule has 0 heterocycles. The van der Waals surface area contributed by atoms with Gasteiger partial charge in [0.25, 0.3) is 0 Å². The molecule has 15 heavy (non-hydrogen) atoms. The maximum Gasteiger partial charge on any atom is 0.342 e. The van der Waals surface area contributed by atoms with Gasteiger partial charge in [0.05, 0.1) is 6.61 Å². The van der Waals surface area contributed by atoms with Gasteiger partial charge in [-0.2, -0.15) is 0 Å². The van der Waals surface area contributed by atoms with Crippen molar-refractivity contribution in [3.63, 3.8) is 0 Å². The molecule has 1 radical (unpaired) electrons. The second kappa shape index (κ2) is 5.14. The van der Waals surface area contributed by atoms with E-state index in [2.05, 4.69) is 6.07 Å².